The number of hydrogen-bond donors (Lipinski definition) is 2. The van der Waals surface area contributed by atoms with Gasteiger partial charge in [-0.15, -0.1) is 0 Å². The molecule has 3 aromatic carbocycles. The largest absolute Gasteiger partial charge is 0.383 e. The first kappa shape index (κ1) is 21.6. The average Bonchev–Trinajstić information content (AvgIpc) is 3.09. The number of amides is 1. The number of nitrogens with zero attached hydrogens (tertiary/aromatic N) is 4. The van der Waals surface area contributed by atoms with Gasteiger partial charge in [-0.2, -0.15) is 9.78 Å². The van der Waals surface area contributed by atoms with Crippen LogP contribution in [0.4, 0.5) is 11.5 Å². The molecule has 0 spiro atoms. The lowest BCUT2D eigenvalue weighted by atomic mass is 10.1. The molecule has 7 nitrogen and oxygen atoms in total. The maximum Gasteiger partial charge on any atom is 0.261 e. The smallest absolute Gasteiger partial charge is 0.261 e. The Labute approximate surface area is 200 Å². The number of halogens is 1. The van der Waals surface area contributed by atoms with Crippen LogP contribution in [0.15, 0.2) is 71.8 Å². The fourth-order valence-corrected chi connectivity index (χ4v) is 3.84. The SMILES string of the molecule is Cc1ccc(C)c(NC(=O)c2c(N)n(/N=C\c3ccc(Cl)cc3)c3nc4ccccc4nc23)c1. The third kappa shape index (κ3) is 3.97. The number of hydrogen-bond acceptors (Lipinski definition) is 5. The number of rotatable bonds is 4. The van der Waals surface area contributed by atoms with Crippen LogP contribution in [-0.2, 0) is 0 Å². The normalized spacial score (nSPS) is 11.5. The van der Waals surface area contributed by atoms with Gasteiger partial charge >= 0.3 is 0 Å². The first-order valence-corrected chi connectivity index (χ1v) is 11.0. The first-order valence-electron chi connectivity index (χ1n) is 10.7. The van der Waals surface area contributed by atoms with E-state index in [1.165, 1.54) is 4.68 Å². The number of aryl methyl sites for hydroxylation is 2. The summed E-state index contributed by atoms with van der Waals surface area (Å²) >= 11 is 5.98. The van der Waals surface area contributed by atoms with Gasteiger partial charge in [-0.05, 0) is 60.9 Å². The molecule has 168 valence electrons. The van der Waals surface area contributed by atoms with Crippen molar-refractivity contribution >= 4 is 57.4 Å². The number of carbonyl (C=O) groups excluding carboxylic acids is 1. The monoisotopic (exact) mass is 468 g/mol. The number of aromatic nitrogens is 3. The van der Waals surface area contributed by atoms with Crippen molar-refractivity contribution in [1.29, 1.82) is 0 Å². The molecule has 0 aliphatic rings. The lowest BCUT2D eigenvalue weighted by Crippen LogP contribution is -2.15. The number of carbonyl (C=O) groups is 1. The van der Waals surface area contributed by atoms with E-state index in [-0.39, 0.29) is 17.3 Å². The Bertz CT molecular complexity index is 1590. The second-order valence-electron chi connectivity index (χ2n) is 8.03. The van der Waals surface area contributed by atoms with Crippen molar-refractivity contribution in [3.63, 3.8) is 0 Å². The molecule has 0 atom stereocenters. The van der Waals surface area contributed by atoms with Crippen molar-refractivity contribution in [2.75, 3.05) is 11.1 Å². The molecule has 1 amide bonds. The van der Waals surface area contributed by atoms with E-state index < -0.39 is 0 Å². The molecule has 0 aliphatic heterocycles. The van der Waals surface area contributed by atoms with E-state index in [2.05, 4.69) is 10.4 Å². The number of para-hydroxylation sites is 2. The summed E-state index contributed by atoms with van der Waals surface area (Å²) in [4.78, 5) is 22.9. The molecular weight excluding hydrogens is 448 g/mol. The van der Waals surface area contributed by atoms with Crippen LogP contribution >= 0.6 is 11.6 Å². The van der Waals surface area contributed by atoms with Crippen LogP contribution in [0.3, 0.4) is 0 Å². The molecule has 5 aromatic rings. The van der Waals surface area contributed by atoms with Crippen LogP contribution in [0.25, 0.3) is 22.2 Å². The predicted octanol–water partition coefficient (Wildman–Crippen LogP) is 5.57. The average molecular weight is 469 g/mol. The standard InChI is InChI=1S/C26H21ClN6O/c1-15-7-8-16(2)21(13-15)32-26(34)22-23-25(31-20-6-4-3-5-19(20)30-23)33(24(22)28)29-14-17-9-11-18(27)12-10-17/h3-14H,28H2,1-2H3,(H,32,34)/b29-14-. The number of nitrogens with two attached hydrogens (primary N) is 1. The molecule has 0 saturated heterocycles. The summed E-state index contributed by atoms with van der Waals surface area (Å²) in [7, 11) is 0. The Morgan fingerprint density at radius 1 is 1.03 bits per heavy atom. The summed E-state index contributed by atoms with van der Waals surface area (Å²) in [5.41, 5.74) is 12.3. The Hall–Kier alpha value is -4.23. The molecule has 0 radical (unpaired) electrons. The third-order valence-corrected chi connectivity index (χ3v) is 5.79. The van der Waals surface area contributed by atoms with Gasteiger partial charge in [0.15, 0.2) is 5.65 Å². The van der Waals surface area contributed by atoms with Gasteiger partial charge < -0.3 is 11.1 Å². The zero-order valence-electron chi connectivity index (χ0n) is 18.6. The molecule has 34 heavy (non-hydrogen) atoms. The lowest BCUT2D eigenvalue weighted by Gasteiger charge is -2.09. The van der Waals surface area contributed by atoms with Gasteiger partial charge in [0, 0.05) is 10.7 Å². The molecule has 0 unspecified atom stereocenters. The number of anilines is 2. The zero-order valence-corrected chi connectivity index (χ0v) is 19.3. The van der Waals surface area contributed by atoms with E-state index >= 15 is 0 Å². The molecule has 3 N–H and O–H groups in total. The van der Waals surface area contributed by atoms with E-state index in [1.54, 1.807) is 18.3 Å². The highest BCUT2D eigenvalue weighted by atomic mass is 35.5. The van der Waals surface area contributed by atoms with Crippen LogP contribution in [0, 0.1) is 13.8 Å². The summed E-state index contributed by atoms with van der Waals surface area (Å²) in [5, 5.41) is 8.13. The van der Waals surface area contributed by atoms with Crippen molar-refractivity contribution in [3.05, 3.63) is 94.0 Å². The van der Waals surface area contributed by atoms with Crippen LogP contribution in [0.2, 0.25) is 5.02 Å². The van der Waals surface area contributed by atoms with Gasteiger partial charge in [-0.25, -0.2) is 9.97 Å². The number of nitrogen functional groups attached to an aromatic ring is 1. The van der Waals surface area contributed by atoms with E-state index in [0.29, 0.717) is 32.9 Å². The molecule has 0 bridgehead atoms. The minimum Gasteiger partial charge on any atom is -0.383 e. The van der Waals surface area contributed by atoms with E-state index in [9.17, 15) is 4.79 Å². The van der Waals surface area contributed by atoms with E-state index in [0.717, 1.165) is 16.7 Å². The maximum atomic E-state index is 13.4. The quantitative estimate of drug-likeness (QED) is 0.337. The van der Waals surface area contributed by atoms with Crippen molar-refractivity contribution in [2.45, 2.75) is 13.8 Å². The highest BCUT2D eigenvalue weighted by molar-refractivity contribution is 6.30. The molecule has 2 aromatic heterocycles. The van der Waals surface area contributed by atoms with Crippen LogP contribution in [-0.4, -0.2) is 26.8 Å². The molecule has 2 heterocycles. The zero-order chi connectivity index (χ0) is 23.8. The molecular formula is C26H21ClN6O. The van der Waals surface area contributed by atoms with Crippen molar-refractivity contribution in [1.82, 2.24) is 14.6 Å². The van der Waals surface area contributed by atoms with Crippen LogP contribution in [0.1, 0.15) is 27.0 Å². The number of nitrogens with one attached hydrogen (secondary N) is 1. The molecule has 0 saturated carbocycles. The summed E-state index contributed by atoms with van der Waals surface area (Å²) in [5.74, 6) is -0.223. The minimum absolute atomic E-state index is 0.151. The van der Waals surface area contributed by atoms with E-state index in [1.807, 2.05) is 68.4 Å². The van der Waals surface area contributed by atoms with Gasteiger partial charge in [0.25, 0.3) is 5.91 Å². The Balaban J connectivity index is 1.66. The third-order valence-electron chi connectivity index (χ3n) is 5.53. The maximum absolute atomic E-state index is 13.4. The Kier molecular flexibility index (Phi) is 5.47. The summed E-state index contributed by atoms with van der Waals surface area (Å²) in [6.07, 6.45) is 1.63. The topological polar surface area (TPSA) is 98.2 Å². The summed E-state index contributed by atoms with van der Waals surface area (Å²) in [6, 6.07) is 20.5. The molecule has 5 rings (SSSR count). The van der Waals surface area contributed by atoms with Crippen molar-refractivity contribution in [2.24, 2.45) is 5.10 Å². The second-order valence-corrected chi connectivity index (χ2v) is 8.46. The Morgan fingerprint density at radius 2 is 1.74 bits per heavy atom. The van der Waals surface area contributed by atoms with Gasteiger partial charge in [-0.3, -0.25) is 4.79 Å². The number of fused-ring (bicyclic) bond motifs is 2. The summed E-state index contributed by atoms with van der Waals surface area (Å²) in [6.45, 7) is 3.91. The lowest BCUT2D eigenvalue weighted by molar-refractivity contribution is 0.102. The highest BCUT2D eigenvalue weighted by Crippen LogP contribution is 2.29. The minimum atomic E-state index is -0.374. The van der Waals surface area contributed by atoms with Crippen LogP contribution in [0.5, 0.6) is 0 Å². The van der Waals surface area contributed by atoms with Gasteiger partial charge in [-0.1, -0.05) is 48.0 Å². The van der Waals surface area contributed by atoms with Gasteiger partial charge in [0.05, 0.1) is 17.2 Å². The summed E-state index contributed by atoms with van der Waals surface area (Å²) < 4.78 is 1.45. The highest BCUT2D eigenvalue weighted by Gasteiger charge is 2.24. The molecule has 0 aliphatic carbocycles. The van der Waals surface area contributed by atoms with Crippen LogP contribution < -0.4 is 11.1 Å². The molecule has 8 heteroatoms. The Morgan fingerprint density at radius 3 is 2.47 bits per heavy atom. The molecule has 0 fully saturated rings. The van der Waals surface area contributed by atoms with E-state index in [4.69, 9.17) is 27.3 Å². The fourth-order valence-electron chi connectivity index (χ4n) is 3.72. The van der Waals surface area contributed by atoms with Crippen molar-refractivity contribution < 1.29 is 4.79 Å². The first-order chi connectivity index (χ1) is 16.4. The predicted molar refractivity (Wildman–Crippen MR) is 138 cm³/mol. The van der Waals surface area contributed by atoms with Crippen molar-refractivity contribution in [3.8, 4) is 0 Å². The van der Waals surface area contributed by atoms with Gasteiger partial charge in [0.1, 0.15) is 16.9 Å². The fraction of sp³-hybridized carbons (Fsp3) is 0.0769. The second kappa shape index (κ2) is 8.61. The van der Waals surface area contributed by atoms with Gasteiger partial charge in [0.2, 0.25) is 0 Å². The number of benzene rings is 3.